The smallest absolute Gasteiger partial charge is 0.225 e. The summed E-state index contributed by atoms with van der Waals surface area (Å²) in [6.07, 6.45) is 7.04. The van der Waals surface area contributed by atoms with E-state index in [2.05, 4.69) is 15.9 Å². The summed E-state index contributed by atoms with van der Waals surface area (Å²) in [4.78, 5) is 13.6. The maximum absolute atomic E-state index is 11.7. The van der Waals surface area contributed by atoms with Crippen LogP contribution >= 0.6 is 15.9 Å². The van der Waals surface area contributed by atoms with E-state index >= 15 is 0 Å². The summed E-state index contributed by atoms with van der Waals surface area (Å²) in [7, 11) is 1.94. The number of amides is 1. The summed E-state index contributed by atoms with van der Waals surface area (Å²) in [5, 5.41) is 1.08. The highest BCUT2D eigenvalue weighted by Gasteiger charge is 2.27. The van der Waals surface area contributed by atoms with Crippen molar-refractivity contribution in [3.05, 3.63) is 0 Å². The zero-order valence-electron chi connectivity index (χ0n) is 8.97. The fourth-order valence-electron chi connectivity index (χ4n) is 1.70. The molecule has 1 rings (SSSR count). The van der Waals surface area contributed by atoms with Crippen LogP contribution < -0.4 is 0 Å². The van der Waals surface area contributed by atoms with Gasteiger partial charge in [-0.25, -0.2) is 0 Å². The predicted octanol–water partition coefficient (Wildman–Crippen LogP) is 2.81. The van der Waals surface area contributed by atoms with Crippen LogP contribution in [0.15, 0.2) is 0 Å². The highest BCUT2D eigenvalue weighted by Crippen LogP contribution is 2.27. The van der Waals surface area contributed by atoms with Crippen LogP contribution in [0.2, 0.25) is 0 Å². The molecule has 14 heavy (non-hydrogen) atoms. The Hall–Kier alpha value is -0.0500. The molecule has 2 nitrogen and oxygen atoms in total. The SMILES string of the molecule is CN(CCCCCBr)C(=O)C1CCC1. The summed E-state index contributed by atoms with van der Waals surface area (Å²) >= 11 is 3.41. The maximum atomic E-state index is 11.7. The van der Waals surface area contributed by atoms with Crippen molar-refractivity contribution < 1.29 is 4.79 Å². The molecule has 1 fully saturated rings. The Labute approximate surface area is 95.2 Å². The third-order valence-corrected chi connectivity index (χ3v) is 3.52. The molecule has 1 saturated carbocycles. The molecule has 3 heteroatoms. The molecular weight excluding hydrogens is 242 g/mol. The zero-order valence-corrected chi connectivity index (χ0v) is 10.6. The number of hydrogen-bond donors (Lipinski definition) is 0. The summed E-state index contributed by atoms with van der Waals surface area (Å²) in [5.41, 5.74) is 0. The van der Waals surface area contributed by atoms with Crippen molar-refractivity contribution in [3.63, 3.8) is 0 Å². The van der Waals surface area contributed by atoms with Crippen LogP contribution in [0, 0.1) is 5.92 Å². The Morgan fingerprint density at radius 2 is 2.07 bits per heavy atom. The van der Waals surface area contributed by atoms with Gasteiger partial charge in [-0.2, -0.15) is 0 Å². The lowest BCUT2D eigenvalue weighted by Gasteiger charge is -2.29. The van der Waals surface area contributed by atoms with Gasteiger partial charge in [0.25, 0.3) is 0 Å². The second kappa shape index (κ2) is 6.44. The Bertz CT molecular complexity index is 180. The van der Waals surface area contributed by atoms with Gasteiger partial charge in [-0.15, -0.1) is 0 Å². The summed E-state index contributed by atoms with van der Waals surface area (Å²) < 4.78 is 0. The van der Waals surface area contributed by atoms with E-state index in [1.165, 1.54) is 19.3 Å². The third kappa shape index (κ3) is 3.60. The Morgan fingerprint density at radius 1 is 1.36 bits per heavy atom. The van der Waals surface area contributed by atoms with Crippen molar-refractivity contribution >= 4 is 21.8 Å². The van der Waals surface area contributed by atoms with E-state index in [1.54, 1.807) is 0 Å². The Kier molecular flexibility index (Phi) is 5.53. The van der Waals surface area contributed by atoms with Gasteiger partial charge in [0.1, 0.15) is 0 Å². The average Bonchev–Trinajstić information content (AvgIpc) is 2.09. The molecule has 0 aromatic rings. The number of hydrogen-bond acceptors (Lipinski definition) is 1. The van der Waals surface area contributed by atoms with Gasteiger partial charge in [-0.05, 0) is 25.7 Å². The molecule has 1 amide bonds. The van der Waals surface area contributed by atoms with E-state index in [-0.39, 0.29) is 0 Å². The molecule has 0 aliphatic heterocycles. The first-order valence-corrected chi connectivity index (χ1v) is 6.69. The largest absolute Gasteiger partial charge is 0.346 e. The first-order chi connectivity index (χ1) is 6.75. The van der Waals surface area contributed by atoms with E-state index in [0.717, 1.165) is 31.1 Å². The van der Waals surface area contributed by atoms with Gasteiger partial charge in [0.2, 0.25) is 5.91 Å². The van der Waals surface area contributed by atoms with E-state index in [1.807, 2.05) is 11.9 Å². The Morgan fingerprint density at radius 3 is 2.57 bits per heavy atom. The van der Waals surface area contributed by atoms with Crippen molar-refractivity contribution in [1.82, 2.24) is 4.90 Å². The van der Waals surface area contributed by atoms with Crippen LogP contribution in [-0.2, 0) is 4.79 Å². The first kappa shape index (κ1) is 12.0. The quantitative estimate of drug-likeness (QED) is 0.532. The van der Waals surface area contributed by atoms with Crippen molar-refractivity contribution in [1.29, 1.82) is 0 Å². The molecule has 0 atom stereocenters. The lowest BCUT2D eigenvalue weighted by molar-refractivity contribution is -0.136. The predicted molar refractivity (Wildman–Crippen MR) is 62.6 cm³/mol. The van der Waals surface area contributed by atoms with Crippen LogP contribution in [0.1, 0.15) is 38.5 Å². The van der Waals surface area contributed by atoms with E-state index in [4.69, 9.17) is 0 Å². The molecule has 82 valence electrons. The summed E-state index contributed by atoms with van der Waals surface area (Å²) in [6, 6.07) is 0. The molecule has 0 unspecified atom stereocenters. The third-order valence-electron chi connectivity index (χ3n) is 2.96. The molecule has 0 radical (unpaired) electrons. The highest BCUT2D eigenvalue weighted by molar-refractivity contribution is 9.09. The van der Waals surface area contributed by atoms with Crippen LogP contribution in [-0.4, -0.2) is 29.7 Å². The number of carbonyl (C=O) groups is 1. The summed E-state index contributed by atoms with van der Waals surface area (Å²) in [6.45, 7) is 0.933. The average molecular weight is 262 g/mol. The first-order valence-electron chi connectivity index (χ1n) is 5.56. The lowest BCUT2D eigenvalue weighted by atomic mass is 9.84. The maximum Gasteiger partial charge on any atom is 0.225 e. The van der Waals surface area contributed by atoms with Gasteiger partial charge in [0.15, 0.2) is 0 Å². The van der Waals surface area contributed by atoms with Crippen LogP contribution in [0.3, 0.4) is 0 Å². The molecule has 0 aromatic carbocycles. The highest BCUT2D eigenvalue weighted by atomic mass is 79.9. The Balaban J connectivity index is 2.07. The number of halogens is 1. The number of carbonyl (C=O) groups excluding carboxylic acids is 1. The second-order valence-electron chi connectivity index (χ2n) is 4.14. The molecule has 1 aliphatic rings. The molecule has 0 bridgehead atoms. The minimum absolute atomic E-state index is 0.358. The zero-order chi connectivity index (χ0) is 10.4. The van der Waals surface area contributed by atoms with Crippen molar-refractivity contribution in [2.24, 2.45) is 5.92 Å². The molecule has 0 N–H and O–H groups in total. The van der Waals surface area contributed by atoms with Crippen LogP contribution in [0.25, 0.3) is 0 Å². The topological polar surface area (TPSA) is 20.3 Å². The lowest BCUT2D eigenvalue weighted by Crippen LogP contribution is -2.36. The van der Waals surface area contributed by atoms with Crippen LogP contribution in [0.4, 0.5) is 0 Å². The fraction of sp³-hybridized carbons (Fsp3) is 0.909. The monoisotopic (exact) mass is 261 g/mol. The molecule has 0 heterocycles. The number of alkyl halides is 1. The van der Waals surface area contributed by atoms with Gasteiger partial charge in [-0.3, -0.25) is 4.79 Å². The fourth-order valence-corrected chi connectivity index (χ4v) is 2.09. The van der Waals surface area contributed by atoms with E-state index in [0.29, 0.717) is 11.8 Å². The van der Waals surface area contributed by atoms with Crippen molar-refractivity contribution in [2.45, 2.75) is 38.5 Å². The molecular formula is C11H20BrNO. The normalized spacial score (nSPS) is 16.4. The van der Waals surface area contributed by atoms with Crippen molar-refractivity contribution in [3.8, 4) is 0 Å². The van der Waals surface area contributed by atoms with Crippen molar-refractivity contribution in [2.75, 3.05) is 18.9 Å². The van der Waals surface area contributed by atoms with E-state index in [9.17, 15) is 4.79 Å². The number of rotatable bonds is 6. The van der Waals surface area contributed by atoms with Gasteiger partial charge in [0, 0.05) is 24.8 Å². The standard InChI is InChI=1S/C11H20BrNO/c1-13(9-4-2-3-8-12)11(14)10-6-5-7-10/h10H,2-9H2,1H3. The minimum Gasteiger partial charge on any atom is -0.346 e. The second-order valence-corrected chi connectivity index (χ2v) is 4.93. The molecule has 1 aliphatic carbocycles. The molecule has 0 spiro atoms. The van der Waals surface area contributed by atoms with Gasteiger partial charge >= 0.3 is 0 Å². The van der Waals surface area contributed by atoms with Gasteiger partial charge in [0.05, 0.1) is 0 Å². The minimum atomic E-state index is 0.358. The number of unbranched alkanes of at least 4 members (excludes halogenated alkanes) is 2. The molecule has 0 aromatic heterocycles. The number of nitrogens with zero attached hydrogens (tertiary/aromatic N) is 1. The molecule has 0 saturated heterocycles. The van der Waals surface area contributed by atoms with E-state index < -0.39 is 0 Å². The van der Waals surface area contributed by atoms with Gasteiger partial charge < -0.3 is 4.90 Å². The van der Waals surface area contributed by atoms with Gasteiger partial charge in [-0.1, -0.05) is 28.8 Å². The summed E-state index contributed by atoms with van der Waals surface area (Å²) in [5.74, 6) is 0.728. The van der Waals surface area contributed by atoms with Crippen LogP contribution in [0.5, 0.6) is 0 Å².